The minimum absolute atomic E-state index is 0.000356. The fourth-order valence-electron chi connectivity index (χ4n) is 2.01. The highest BCUT2D eigenvalue weighted by Gasteiger charge is 2.26. The lowest BCUT2D eigenvalue weighted by molar-refractivity contribution is 0.0139. The standard InChI is InChI=1S/C19H22N2O4/c1-13(2)19(3,23)12-21-18(22)17-15(7-8-24-17)11-25-16-6-4-5-14(9-16)10-20/h4-9,13,23H,11-12H2,1-3H3,(H,21,22). The number of hydrogen-bond donors (Lipinski definition) is 2. The molecule has 0 aliphatic heterocycles. The number of rotatable bonds is 7. The number of nitriles is 1. The van der Waals surface area contributed by atoms with Crippen LogP contribution in [0.15, 0.2) is 41.0 Å². The lowest BCUT2D eigenvalue weighted by Gasteiger charge is -2.27. The average Bonchev–Trinajstić information content (AvgIpc) is 3.06. The van der Waals surface area contributed by atoms with Crippen LogP contribution in [0.25, 0.3) is 0 Å². The quantitative estimate of drug-likeness (QED) is 0.806. The third-order valence-corrected chi connectivity index (χ3v) is 4.16. The Bertz CT molecular complexity index is 772. The summed E-state index contributed by atoms with van der Waals surface area (Å²) in [5.41, 5.74) is 0.0824. The molecule has 1 amide bonds. The largest absolute Gasteiger partial charge is 0.489 e. The number of ether oxygens (including phenoxy) is 1. The van der Waals surface area contributed by atoms with E-state index in [1.807, 2.05) is 19.9 Å². The van der Waals surface area contributed by atoms with Crippen molar-refractivity contribution in [2.24, 2.45) is 5.92 Å². The highest BCUT2D eigenvalue weighted by molar-refractivity contribution is 5.92. The van der Waals surface area contributed by atoms with E-state index in [0.29, 0.717) is 16.9 Å². The van der Waals surface area contributed by atoms with Crippen molar-refractivity contribution in [2.75, 3.05) is 6.54 Å². The van der Waals surface area contributed by atoms with Crippen LogP contribution < -0.4 is 10.1 Å². The molecule has 0 fully saturated rings. The highest BCUT2D eigenvalue weighted by atomic mass is 16.5. The van der Waals surface area contributed by atoms with E-state index in [0.717, 1.165) is 0 Å². The van der Waals surface area contributed by atoms with Crippen LogP contribution in [0.2, 0.25) is 0 Å². The van der Waals surface area contributed by atoms with Gasteiger partial charge in [0.25, 0.3) is 5.91 Å². The predicted octanol–water partition coefficient (Wildman–Crippen LogP) is 2.87. The van der Waals surface area contributed by atoms with E-state index >= 15 is 0 Å². The maximum Gasteiger partial charge on any atom is 0.287 e. The monoisotopic (exact) mass is 342 g/mol. The van der Waals surface area contributed by atoms with Crippen molar-refractivity contribution >= 4 is 5.91 Å². The Morgan fingerprint density at radius 2 is 2.20 bits per heavy atom. The summed E-state index contributed by atoms with van der Waals surface area (Å²) in [7, 11) is 0. The summed E-state index contributed by atoms with van der Waals surface area (Å²) >= 11 is 0. The summed E-state index contributed by atoms with van der Waals surface area (Å²) < 4.78 is 10.9. The van der Waals surface area contributed by atoms with Crippen molar-refractivity contribution in [1.82, 2.24) is 5.32 Å². The average molecular weight is 342 g/mol. The minimum atomic E-state index is -1.00. The molecule has 2 N–H and O–H groups in total. The molecule has 6 heteroatoms. The second-order valence-corrected chi connectivity index (χ2v) is 6.40. The van der Waals surface area contributed by atoms with Gasteiger partial charge in [-0.2, -0.15) is 5.26 Å². The maximum atomic E-state index is 12.3. The highest BCUT2D eigenvalue weighted by Crippen LogP contribution is 2.18. The fourth-order valence-corrected chi connectivity index (χ4v) is 2.01. The van der Waals surface area contributed by atoms with E-state index in [9.17, 15) is 9.90 Å². The molecule has 1 atom stereocenters. The Labute approximate surface area is 147 Å². The Hall–Kier alpha value is -2.78. The molecule has 0 aliphatic rings. The second-order valence-electron chi connectivity index (χ2n) is 6.40. The molecule has 1 aromatic carbocycles. The van der Waals surface area contributed by atoms with Gasteiger partial charge in [0.15, 0.2) is 5.76 Å². The van der Waals surface area contributed by atoms with Gasteiger partial charge < -0.3 is 19.6 Å². The lowest BCUT2D eigenvalue weighted by atomic mass is 9.92. The first-order chi connectivity index (χ1) is 11.8. The number of amides is 1. The minimum Gasteiger partial charge on any atom is -0.489 e. The van der Waals surface area contributed by atoms with Gasteiger partial charge >= 0.3 is 0 Å². The van der Waals surface area contributed by atoms with Gasteiger partial charge in [0.2, 0.25) is 0 Å². The normalized spacial score (nSPS) is 13.1. The third kappa shape index (κ3) is 4.85. The molecule has 0 bridgehead atoms. The fraction of sp³-hybridized carbons (Fsp3) is 0.368. The summed E-state index contributed by atoms with van der Waals surface area (Å²) in [5, 5.41) is 21.8. The first-order valence-corrected chi connectivity index (χ1v) is 8.03. The van der Waals surface area contributed by atoms with Crippen LogP contribution in [0, 0.1) is 17.2 Å². The van der Waals surface area contributed by atoms with Crippen LogP contribution in [-0.4, -0.2) is 23.2 Å². The number of furan rings is 1. The number of carbonyl (C=O) groups excluding carboxylic acids is 1. The first kappa shape index (κ1) is 18.6. The van der Waals surface area contributed by atoms with Gasteiger partial charge in [-0.3, -0.25) is 4.79 Å². The molecule has 132 valence electrons. The van der Waals surface area contributed by atoms with Gasteiger partial charge in [-0.05, 0) is 37.1 Å². The van der Waals surface area contributed by atoms with Crippen LogP contribution >= 0.6 is 0 Å². The summed E-state index contributed by atoms with van der Waals surface area (Å²) in [4.78, 5) is 12.3. The van der Waals surface area contributed by atoms with Gasteiger partial charge in [0, 0.05) is 12.1 Å². The van der Waals surface area contributed by atoms with E-state index in [-0.39, 0.29) is 24.8 Å². The van der Waals surface area contributed by atoms with Gasteiger partial charge in [-0.1, -0.05) is 19.9 Å². The number of hydrogen-bond acceptors (Lipinski definition) is 5. The van der Waals surface area contributed by atoms with Crippen molar-refractivity contribution in [3.8, 4) is 11.8 Å². The SMILES string of the molecule is CC(C)C(C)(O)CNC(=O)c1occc1COc1cccc(C#N)c1. The number of aliphatic hydroxyl groups is 1. The van der Waals surface area contributed by atoms with Gasteiger partial charge in [0.1, 0.15) is 12.4 Å². The molecule has 25 heavy (non-hydrogen) atoms. The Morgan fingerprint density at radius 3 is 2.88 bits per heavy atom. The third-order valence-electron chi connectivity index (χ3n) is 4.16. The molecule has 1 heterocycles. The van der Waals surface area contributed by atoms with Crippen LogP contribution in [0.3, 0.4) is 0 Å². The molecule has 1 unspecified atom stereocenters. The van der Waals surface area contributed by atoms with E-state index in [4.69, 9.17) is 14.4 Å². The zero-order chi connectivity index (χ0) is 18.4. The molecule has 1 aromatic heterocycles. The van der Waals surface area contributed by atoms with E-state index in [1.165, 1.54) is 6.26 Å². The Kier molecular flexibility index (Phi) is 5.84. The number of nitrogens with one attached hydrogen (secondary N) is 1. The van der Waals surface area contributed by atoms with E-state index < -0.39 is 11.5 Å². The molecule has 6 nitrogen and oxygen atoms in total. The molecule has 0 saturated heterocycles. The molecule has 0 radical (unpaired) electrons. The van der Waals surface area contributed by atoms with Gasteiger partial charge in [-0.15, -0.1) is 0 Å². The lowest BCUT2D eigenvalue weighted by Crippen LogP contribution is -2.44. The smallest absolute Gasteiger partial charge is 0.287 e. The van der Waals surface area contributed by atoms with Crippen molar-refractivity contribution in [3.63, 3.8) is 0 Å². The maximum absolute atomic E-state index is 12.3. The molecule has 0 aliphatic carbocycles. The Morgan fingerprint density at radius 1 is 1.44 bits per heavy atom. The zero-order valence-electron chi connectivity index (χ0n) is 14.6. The molecule has 0 spiro atoms. The topological polar surface area (TPSA) is 95.5 Å². The van der Waals surface area contributed by atoms with Crippen LogP contribution in [0.1, 0.15) is 42.5 Å². The molecule has 2 aromatic rings. The first-order valence-electron chi connectivity index (χ1n) is 8.03. The zero-order valence-corrected chi connectivity index (χ0v) is 14.6. The summed E-state index contributed by atoms with van der Waals surface area (Å²) in [6, 6.07) is 10.5. The van der Waals surface area contributed by atoms with Gasteiger partial charge in [-0.25, -0.2) is 0 Å². The summed E-state index contributed by atoms with van der Waals surface area (Å²) in [6.45, 7) is 5.69. The molecule has 0 saturated carbocycles. The van der Waals surface area contributed by atoms with E-state index in [1.54, 1.807) is 37.3 Å². The molecule has 2 rings (SSSR count). The molecular weight excluding hydrogens is 320 g/mol. The van der Waals surface area contributed by atoms with Crippen molar-refractivity contribution in [2.45, 2.75) is 33.0 Å². The summed E-state index contributed by atoms with van der Waals surface area (Å²) in [6.07, 6.45) is 1.42. The van der Waals surface area contributed by atoms with Crippen molar-refractivity contribution < 1.29 is 19.1 Å². The Balaban J connectivity index is 2.00. The van der Waals surface area contributed by atoms with Crippen molar-refractivity contribution in [1.29, 1.82) is 5.26 Å². The second kappa shape index (κ2) is 7.86. The number of carbonyl (C=O) groups is 1. The number of nitrogens with zero attached hydrogens (tertiary/aromatic N) is 1. The van der Waals surface area contributed by atoms with Crippen LogP contribution in [-0.2, 0) is 6.61 Å². The number of benzene rings is 1. The predicted molar refractivity (Wildman–Crippen MR) is 92.0 cm³/mol. The van der Waals surface area contributed by atoms with Crippen LogP contribution in [0.4, 0.5) is 0 Å². The summed E-state index contributed by atoms with van der Waals surface area (Å²) in [5.74, 6) is 0.278. The van der Waals surface area contributed by atoms with Crippen molar-refractivity contribution in [3.05, 3.63) is 53.5 Å². The van der Waals surface area contributed by atoms with Crippen LogP contribution in [0.5, 0.6) is 5.75 Å². The van der Waals surface area contributed by atoms with E-state index in [2.05, 4.69) is 5.32 Å². The molecular formula is C19H22N2O4. The van der Waals surface area contributed by atoms with Gasteiger partial charge in [0.05, 0.1) is 23.5 Å².